The van der Waals surface area contributed by atoms with Crippen molar-refractivity contribution < 1.29 is 4.79 Å². The van der Waals surface area contributed by atoms with Gasteiger partial charge in [-0.15, -0.1) is 5.73 Å². The molecule has 0 aromatic rings. The maximum atomic E-state index is 10.8. The van der Waals surface area contributed by atoms with Gasteiger partial charge in [-0.3, -0.25) is 4.79 Å². The lowest BCUT2D eigenvalue weighted by atomic mass is 9.99. The number of carbonyl (C=O) groups excluding carboxylic acids is 1. The average Bonchev–Trinajstić information content (AvgIpc) is 1.88. The van der Waals surface area contributed by atoms with Gasteiger partial charge in [0.25, 0.3) is 0 Å². The first-order valence-corrected chi connectivity index (χ1v) is 3.42. The summed E-state index contributed by atoms with van der Waals surface area (Å²) in [6.45, 7) is 3.45. The molecule has 0 aromatic carbocycles. The quantitative estimate of drug-likeness (QED) is 0.501. The zero-order valence-corrected chi connectivity index (χ0v) is 5.89. The Kier molecular flexibility index (Phi) is 2.24. The normalized spacial score (nSPS) is 17.6. The number of hydrogen-bond acceptors (Lipinski definition) is 1. The molecule has 1 aliphatic carbocycles. The first kappa shape index (κ1) is 7.04. The summed E-state index contributed by atoms with van der Waals surface area (Å²) in [4.78, 5) is 10.8. The van der Waals surface area contributed by atoms with E-state index in [0.29, 0.717) is 6.42 Å². The molecule has 0 atom stereocenters. The summed E-state index contributed by atoms with van der Waals surface area (Å²) in [7, 11) is 0. The van der Waals surface area contributed by atoms with E-state index in [1.807, 2.05) is 0 Å². The molecule has 0 heterocycles. The second kappa shape index (κ2) is 3.19. The van der Waals surface area contributed by atoms with Crippen LogP contribution in [0.3, 0.4) is 0 Å². The van der Waals surface area contributed by atoms with Gasteiger partial charge in [-0.1, -0.05) is 6.58 Å². The first-order valence-electron chi connectivity index (χ1n) is 3.42. The van der Waals surface area contributed by atoms with Crippen molar-refractivity contribution in [3.8, 4) is 0 Å². The highest BCUT2D eigenvalue weighted by Crippen LogP contribution is 2.15. The Morgan fingerprint density at radius 3 is 3.00 bits per heavy atom. The summed E-state index contributed by atoms with van der Waals surface area (Å²) in [5, 5.41) is 0. The summed E-state index contributed by atoms with van der Waals surface area (Å²) < 4.78 is 0. The van der Waals surface area contributed by atoms with Crippen molar-refractivity contribution in [2.24, 2.45) is 0 Å². The Labute approximate surface area is 60.7 Å². The van der Waals surface area contributed by atoms with Gasteiger partial charge in [-0.2, -0.15) is 0 Å². The van der Waals surface area contributed by atoms with Crippen LogP contribution in [-0.2, 0) is 4.79 Å². The molecule has 1 rings (SSSR count). The van der Waals surface area contributed by atoms with Gasteiger partial charge < -0.3 is 0 Å². The third-order valence-electron chi connectivity index (χ3n) is 1.52. The van der Waals surface area contributed by atoms with Crippen LogP contribution >= 0.6 is 0 Å². The number of rotatable bonds is 1. The molecule has 0 amide bonds. The van der Waals surface area contributed by atoms with Gasteiger partial charge in [0.1, 0.15) is 0 Å². The first-order chi connectivity index (χ1) is 4.83. The number of allylic oxidation sites excluding steroid dienone is 3. The topological polar surface area (TPSA) is 17.1 Å². The van der Waals surface area contributed by atoms with Crippen LogP contribution < -0.4 is 0 Å². The molecule has 0 N–H and O–H groups in total. The fraction of sp³-hybridized carbons (Fsp3) is 0.333. The molecule has 0 spiro atoms. The highest BCUT2D eigenvalue weighted by Gasteiger charge is 2.06. The minimum Gasteiger partial charge on any atom is -0.295 e. The van der Waals surface area contributed by atoms with E-state index in [1.54, 1.807) is 12.2 Å². The molecule has 0 radical (unpaired) electrons. The van der Waals surface area contributed by atoms with E-state index in [4.69, 9.17) is 0 Å². The molecule has 1 aliphatic rings. The van der Waals surface area contributed by atoms with Crippen molar-refractivity contribution in [3.63, 3.8) is 0 Å². The van der Waals surface area contributed by atoms with E-state index in [1.165, 1.54) is 0 Å². The van der Waals surface area contributed by atoms with Gasteiger partial charge in [0, 0.05) is 6.42 Å². The van der Waals surface area contributed by atoms with Crippen LogP contribution in [-0.4, -0.2) is 5.78 Å². The van der Waals surface area contributed by atoms with Crippen molar-refractivity contribution in [3.05, 3.63) is 30.0 Å². The van der Waals surface area contributed by atoms with E-state index < -0.39 is 0 Å². The van der Waals surface area contributed by atoms with Crippen molar-refractivity contribution >= 4 is 5.78 Å². The van der Waals surface area contributed by atoms with Crippen LogP contribution in [0.4, 0.5) is 0 Å². The van der Waals surface area contributed by atoms with E-state index in [2.05, 4.69) is 12.3 Å². The Morgan fingerprint density at radius 2 is 2.40 bits per heavy atom. The SMILES string of the molecule is C=C=CC1=CC(=O)CCC1. The Morgan fingerprint density at radius 1 is 1.60 bits per heavy atom. The molecule has 0 saturated heterocycles. The predicted octanol–water partition coefficient (Wildman–Crippen LogP) is 2.01. The third kappa shape index (κ3) is 1.71. The monoisotopic (exact) mass is 134 g/mol. The van der Waals surface area contributed by atoms with E-state index in [9.17, 15) is 4.79 Å². The lowest BCUT2D eigenvalue weighted by Crippen LogP contribution is -2.00. The predicted molar refractivity (Wildman–Crippen MR) is 40.7 cm³/mol. The Balaban J connectivity index is 2.75. The second-order valence-electron chi connectivity index (χ2n) is 2.39. The van der Waals surface area contributed by atoms with Crippen molar-refractivity contribution in [1.29, 1.82) is 0 Å². The molecule has 1 nitrogen and oxygen atoms in total. The van der Waals surface area contributed by atoms with Crippen LogP contribution in [0, 0.1) is 0 Å². The highest BCUT2D eigenvalue weighted by atomic mass is 16.1. The fourth-order valence-corrected chi connectivity index (χ4v) is 1.06. The van der Waals surface area contributed by atoms with Gasteiger partial charge in [0.15, 0.2) is 5.78 Å². The molecule has 0 unspecified atom stereocenters. The minimum atomic E-state index is 0.229. The molecule has 0 bridgehead atoms. The van der Waals surface area contributed by atoms with Crippen LogP contribution in [0.25, 0.3) is 0 Å². The molecule has 52 valence electrons. The molecule has 1 heteroatoms. The second-order valence-corrected chi connectivity index (χ2v) is 2.39. The van der Waals surface area contributed by atoms with Crippen LogP contribution in [0.5, 0.6) is 0 Å². The van der Waals surface area contributed by atoms with E-state index in [0.717, 1.165) is 18.4 Å². The van der Waals surface area contributed by atoms with Crippen LogP contribution in [0.2, 0.25) is 0 Å². The Hall–Kier alpha value is -1.07. The lowest BCUT2D eigenvalue weighted by molar-refractivity contribution is -0.115. The smallest absolute Gasteiger partial charge is 0.155 e. The maximum Gasteiger partial charge on any atom is 0.155 e. The highest BCUT2D eigenvalue weighted by molar-refractivity contribution is 5.91. The van der Waals surface area contributed by atoms with Gasteiger partial charge in [0.2, 0.25) is 0 Å². The summed E-state index contributed by atoms with van der Waals surface area (Å²) >= 11 is 0. The molecule has 0 aromatic heterocycles. The molecular formula is C9H10O. The van der Waals surface area contributed by atoms with Crippen molar-refractivity contribution in [2.75, 3.05) is 0 Å². The number of ketones is 1. The van der Waals surface area contributed by atoms with Gasteiger partial charge in [-0.05, 0) is 30.6 Å². The molecule has 0 saturated carbocycles. The molecule has 10 heavy (non-hydrogen) atoms. The summed E-state index contributed by atoms with van der Waals surface area (Å²) in [6, 6.07) is 0. The maximum absolute atomic E-state index is 10.8. The van der Waals surface area contributed by atoms with Gasteiger partial charge in [-0.25, -0.2) is 0 Å². The molecule has 0 aliphatic heterocycles. The standard InChI is InChI=1S/C9H10O/c1-2-4-8-5-3-6-9(10)7-8/h4,7H,1,3,5-6H2. The summed E-state index contributed by atoms with van der Waals surface area (Å²) in [5.74, 6) is 0.229. The van der Waals surface area contributed by atoms with Crippen LogP contribution in [0.1, 0.15) is 19.3 Å². The Bertz CT molecular complexity index is 217. The zero-order chi connectivity index (χ0) is 7.40. The van der Waals surface area contributed by atoms with E-state index in [-0.39, 0.29) is 5.78 Å². The molecule has 0 fully saturated rings. The summed E-state index contributed by atoms with van der Waals surface area (Å²) in [6.07, 6.45) is 6.13. The number of hydrogen-bond donors (Lipinski definition) is 0. The average molecular weight is 134 g/mol. The minimum absolute atomic E-state index is 0.229. The van der Waals surface area contributed by atoms with Crippen LogP contribution in [0.15, 0.2) is 30.0 Å². The van der Waals surface area contributed by atoms with Gasteiger partial charge in [0.05, 0.1) is 0 Å². The number of carbonyl (C=O) groups is 1. The zero-order valence-electron chi connectivity index (χ0n) is 5.89. The summed E-state index contributed by atoms with van der Waals surface area (Å²) in [5.41, 5.74) is 3.72. The van der Waals surface area contributed by atoms with Gasteiger partial charge >= 0.3 is 0 Å². The third-order valence-corrected chi connectivity index (χ3v) is 1.52. The largest absolute Gasteiger partial charge is 0.295 e. The molecular weight excluding hydrogens is 124 g/mol. The van der Waals surface area contributed by atoms with Crippen molar-refractivity contribution in [1.82, 2.24) is 0 Å². The lowest BCUT2D eigenvalue weighted by Gasteiger charge is -2.05. The van der Waals surface area contributed by atoms with E-state index >= 15 is 0 Å². The van der Waals surface area contributed by atoms with Crippen molar-refractivity contribution in [2.45, 2.75) is 19.3 Å². The fourth-order valence-electron chi connectivity index (χ4n) is 1.06.